The van der Waals surface area contributed by atoms with E-state index in [1.165, 1.54) is 0 Å². The molecule has 0 amide bonds. The van der Waals surface area contributed by atoms with Gasteiger partial charge in [-0.25, -0.2) is 87.8 Å². The van der Waals surface area contributed by atoms with Crippen molar-refractivity contribution in [2.45, 2.75) is 6.54 Å². The Bertz CT molecular complexity index is 2730. The third-order valence-corrected chi connectivity index (χ3v) is 10.3. The Labute approximate surface area is 353 Å². The molecule has 65 heavy (non-hydrogen) atoms. The van der Waals surface area contributed by atoms with Gasteiger partial charge in [-0.05, 0) is 18.2 Å². The molecule has 0 saturated heterocycles. The van der Waals surface area contributed by atoms with E-state index >= 15 is 35.1 Å². The number of hydrogen-bond acceptors (Lipinski definition) is 1. The largest absolute Gasteiger partial charge is 0.287 e. The summed E-state index contributed by atoms with van der Waals surface area (Å²) in [7, 11) is 0. The molecule has 338 valence electrons. The highest BCUT2D eigenvalue weighted by Crippen LogP contribution is 2.31. The Morgan fingerprint density at radius 2 is 0.677 bits per heavy atom. The summed E-state index contributed by atoms with van der Waals surface area (Å²) < 4.78 is 296. The number of pyridine rings is 1. The van der Waals surface area contributed by atoms with Crippen LogP contribution in [-0.4, -0.2) is 11.9 Å². The summed E-state index contributed by atoms with van der Waals surface area (Å²) in [6, 6.07) is 19.0. The summed E-state index contributed by atoms with van der Waals surface area (Å²) in [5, 5.41) is 1.69. The van der Waals surface area contributed by atoms with Crippen LogP contribution < -0.4 is 26.4 Å². The fourth-order valence-electron chi connectivity index (χ4n) is 7.17. The molecule has 7 aromatic rings. The van der Waals surface area contributed by atoms with Crippen molar-refractivity contribution in [3.05, 3.63) is 194 Å². The van der Waals surface area contributed by atoms with Crippen molar-refractivity contribution in [1.82, 2.24) is 0 Å². The number of para-hydroxylation sites is 1. The maximum Gasteiger partial charge on any atom is 0.231 e. The van der Waals surface area contributed by atoms with Crippen LogP contribution in [0, 0.1) is 116 Å². The molecule has 6 aromatic carbocycles. The molecule has 7 rings (SSSR count). The van der Waals surface area contributed by atoms with Gasteiger partial charge in [0.05, 0.1) is 0 Å². The maximum absolute atomic E-state index is 15.4. The van der Waals surface area contributed by atoms with Gasteiger partial charge in [-0.2, -0.15) is 4.57 Å². The standard InChI is InChI=1S/C24BF20.C17H13ClNO/c26-5-1(6(27)14(35)21(42)13(5)34)25(2-7(28)15(36)22(43)16(37)8(2)29,3-9(30)17(38)23(44)18(39)10(3)31)4-11(32)19(40)24(45)20(41)12(4)33;18-15-10-4-8-14-9-5-11-19(17(14)15)12-16(20)13-6-2-1-3-7-13/h;1-11H,12H2/q-1;+1. The van der Waals surface area contributed by atoms with Gasteiger partial charge in [-0.1, -0.05) is 48.0 Å². The van der Waals surface area contributed by atoms with Crippen LogP contribution in [0.2, 0.25) is 5.02 Å². The van der Waals surface area contributed by atoms with Crippen LogP contribution in [0.5, 0.6) is 0 Å². The predicted molar refractivity (Wildman–Crippen MR) is 189 cm³/mol. The van der Waals surface area contributed by atoms with E-state index in [0.717, 1.165) is 10.9 Å². The zero-order chi connectivity index (χ0) is 48.3. The van der Waals surface area contributed by atoms with Crippen LogP contribution >= 0.6 is 11.6 Å². The summed E-state index contributed by atoms with van der Waals surface area (Å²) in [5.41, 5.74) is -12.7. The quantitative estimate of drug-likeness (QED) is 0.0390. The maximum atomic E-state index is 15.4. The highest BCUT2D eigenvalue weighted by Gasteiger charge is 2.52. The summed E-state index contributed by atoms with van der Waals surface area (Å²) in [5.74, 6) is -71.3. The minimum Gasteiger partial charge on any atom is -0.287 e. The van der Waals surface area contributed by atoms with Gasteiger partial charge >= 0.3 is 0 Å². The molecule has 0 radical (unpaired) electrons. The first-order valence-electron chi connectivity index (χ1n) is 17.3. The van der Waals surface area contributed by atoms with Crippen LogP contribution in [-0.2, 0) is 6.54 Å². The number of carbonyl (C=O) groups excluding carboxylic acids is 1. The molecule has 1 aromatic heterocycles. The Morgan fingerprint density at radius 3 is 1.00 bits per heavy atom. The van der Waals surface area contributed by atoms with Crippen molar-refractivity contribution in [3.63, 3.8) is 0 Å². The fraction of sp³-hybridized carbons (Fsp3) is 0.0244. The Balaban J connectivity index is 0.000000289. The summed E-state index contributed by atoms with van der Waals surface area (Å²) in [4.78, 5) is 12.3. The molecule has 0 fully saturated rings. The van der Waals surface area contributed by atoms with E-state index in [1.807, 2.05) is 71.4 Å². The van der Waals surface area contributed by atoms with Gasteiger partial charge in [0.2, 0.25) is 17.8 Å². The molecule has 1 heterocycles. The highest BCUT2D eigenvalue weighted by molar-refractivity contribution is 7.20. The second kappa shape index (κ2) is 17.7. The third kappa shape index (κ3) is 7.47. The summed E-state index contributed by atoms with van der Waals surface area (Å²) >= 11 is 6.26. The van der Waals surface area contributed by atoms with Gasteiger partial charge in [0, 0.05) is 17.0 Å². The number of carbonyl (C=O) groups is 1. The Hall–Kier alpha value is -6.65. The molecule has 0 saturated carbocycles. The lowest BCUT2D eigenvalue weighted by Crippen LogP contribution is -2.81. The monoisotopic (exact) mass is 961 g/mol. The van der Waals surface area contributed by atoms with Crippen molar-refractivity contribution < 1.29 is 97.2 Å². The van der Waals surface area contributed by atoms with E-state index < -0.39 is 144 Å². The molecule has 0 aliphatic rings. The van der Waals surface area contributed by atoms with E-state index in [-0.39, 0.29) is 12.3 Å². The average Bonchev–Trinajstić information content (AvgIpc) is 3.29. The van der Waals surface area contributed by atoms with Crippen LogP contribution in [0.15, 0.2) is 66.9 Å². The number of rotatable bonds is 7. The van der Waals surface area contributed by atoms with E-state index in [1.54, 1.807) is 0 Å². The molecule has 0 aliphatic heterocycles. The van der Waals surface area contributed by atoms with Crippen molar-refractivity contribution in [2.75, 3.05) is 0 Å². The van der Waals surface area contributed by atoms with E-state index in [0.29, 0.717) is 10.6 Å². The molecular formula is C41H13BClF20NO. The van der Waals surface area contributed by atoms with Gasteiger partial charge in [0.1, 0.15) is 57.7 Å². The van der Waals surface area contributed by atoms with Crippen LogP contribution in [0.3, 0.4) is 0 Å². The Kier molecular flexibility index (Phi) is 13.0. The topological polar surface area (TPSA) is 20.9 Å². The van der Waals surface area contributed by atoms with Crippen molar-refractivity contribution in [2.24, 2.45) is 0 Å². The second-order valence-electron chi connectivity index (χ2n) is 13.4. The normalized spacial score (nSPS) is 11.6. The number of benzene rings is 6. The van der Waals surface area contributed by atoms with Crippen LogP contribution in [0.25, 0.3) is 10.9 Å². The third-order valence-electron chi connectivity index (χ3n) is 9.96. The molecule has 24 heteroatoms. The van der Waals surface area contributed by atoms with E-state index in [2.05, 4.69) is 0 Å². The van der Waals surface area contributed by atoms with Crippen molar-refractivity contribution in [1.29, 1.82) is 0 Å². The minimum atomic E-state index is -7.22. The first-order chi connectivity index (χ1) is 30.5. The minimum absolute atomic E-state index is 0.0722. The SMILES string of the molecule is Fc1c(F)c(F)c([B-](c2c(F)c(F)c(F)c(F)c2F)(c2c(F)c(F)c(F)c(F)c2F)c2c(F)c(F)c(F)c(F)c2F)c(F)c1F.O=C(C[n+]1cccc2cccc(Cl)c21)c1ccccc1. The van der Waals surface area contributed by atoms with Gasteiger partial charge in [-0.15, -0.1) is 21.9 Å². The smallest absolute Gasteiger partial charge is 0.231 e. The lowest BCUT2D eigenvalue weighted by atomic mass is 9.12. The van der Waals surface area contributed by atoms with Gasteiger partial charge in [0.15, 0.2) is 76.0 Å². The van der Waals surface area contributed by atoms with Crippen LogP contribution in [0.4, 0.5) is 87.8 Å². The number of ketones is 1. The van der Waals surface area contributed by atoms with E-state index in [9.17, 15) is 57.5 Å². The molecule has 0 spiro atoms. The zero-order valence-electron chi connectivity index (χ0n) is 30.9. The molecule has 0 N–H and O–H groups in total. The molecular weight excluding hydrogens is 949 g/mol. The molecule has 0 unspecified atom stereocenters. The van der Waals surface area contributed by atoms with Gasteiger partial charge in [0.25, 0.3) is 0 Å². The molecule has 0 atom stereocenters. The summed E-state index contributed by atoms with van der Waals surface area (Å²) in [6.45, 7) is 0.283. The number of halogens is 21. The number of aromatic nitrogens is 1. The number of hydrogen-bond donors (Lipinski definition) is 0. The second-order valence-corrected chi connectivity index (χ2v) is 13.8. The fourth-order valence-corrected chi connectivity index (χ4v) is 7.46. The van der Waals surface area contributed by atoms with Gasteiger partial charge in [-0.3, -0.25) is 4.79 Å². The first-order valence-corrected chi connectivity index (χ1v) is 17.7. The molecule has 0 bridgehead atoms. The van der Waals surface area contributed by atoms with Crippen molar-refractivity contribution in [3.8, 4) is 0 Å². The molecule has 0 aliphatic carbocycles. The van der Waals surface area contributed by atoms with Crippen LogP contribution in [0.1, 0.15) is 10.4 Å². The molecule has 2 nitrogen and oxygen atoms in total. The first kappa shape index (κ1) is 47.8. The van der Waals surface area contributed by atoms with Crippen molar-refractivity contribution >= 4 is 56.3 Å². The number of Topliss-reactive ketones (excluding diaryl/α,β-unsaturated/α-hetero) is 1. The average molecular weight is 962 g/mol. The zero-order valence-corrected chi connectivity index (χ0v) is 31.7. The lowest BCUT2D eigenvalue weighted by Gasteiger charge is -2.44. The number of nitrogens with zero attached hydrogens (tertiary/aromatic N) is 1. The number of fused-ring (bicyclic) bond motifs is 1. The lowest BCUT2D eigenvalue weighted by molar-refractivity contribution is -0.657. The Morgan fingerprint density at radius 1 is 0.385 bits per heavy atom. The van der Waals surface area contributed by atoms with Gasteiger partial charge < -0.3 is 0 Å². The summed E-state index contributed by atoms with van der Waals surface area (Å²) in [6.07, 6.45) is -5.33. The highest BCUT2D eigenvalue weighted by atomic mass is 35.5. The predicted octanol–water partition coefficient (Wildman–Crippen LogP) is 9.51. The van der Waals surface area contributed by atoms with E-state index in [4.69, 9.17) is 11.6 Å².